The lowest BCUT2D eigenvalue weighted by atomic mass is 10.4. The van der Waals surface area contributed by atoms with Crippen molar-refractivity contribution in [1.29, 1.82) is 0 Å². The molecule has 0 N–H and O–H groups in total. The predicted molar refractivity (Wildman–Crippen MR) is 48.1 cm³/mol. The smallest absolute Gasteiger partial charge is 0.330 e. The molecule has 0 aliphatic heterocycles. The fraction of sp³-hybridized carbons (Fsp3) is 0.125. The van der Waals surface area contributed by atoms with Crippen molar-refractivity contribution >= 4 is 23.6 Å². The number of methoxy groups -OCH3 is 1. The molecule has 0 saturated carbocycles. The molecule has 4 nitrogen and oxygen atoms in total. The van der Waals surface area contributed by atoms with E-state index in [9.17, 15) is 4.79 Å². The van der Waals surface area contributed by atoms with Crippen molar-refractivity contribution in [3.63, 3.8) is 0 Å². The molecule has 13 heavy (non-hydrogen) atoms. The van der Waals surface area contributed by atoms with E-state index >= 15 is 0 Å². The number of ether oxygens (including phenoxy) is 1. The van der Waals surface area contributed by atoms with Gasteiger partial charge in [-0.2, -0.15) is 0 Å². The van der Waals surface area contributed by atoms with Crippen molar-refractivity contribution in [3.8, 4) is 0 Å². The Morgan fingerprint density at radius 3 is 2.85 bits per heavy atom. The fourth-order valence-corrected chi connectivity index (χ4v) is 0.827. The van der Waals surface area contributed by atoms with Gasteiger partial charge in [0.25, 0.3) is 0 Å². The molecule has 0 unspecified atom stereocenters. The first-order chi connectivity index (χ1) is 6.24. The molecule has 0 aliphatic rings. The Bertz CT molecular complexity index is 339. The van der Waals surface area contributed by atoms with E-state index in [0.717, 1.165) is 0 Å². The number of hydrogen-bond donors (Lipinski definition) is 0. The number of carbonyl (C=O) groups excluding carboxylic acids is 1. The van der Waals surface area contributed by atoms with Gasteiger partial charge in [0.2, 0.25) is 0 Å². The maximum absolute atomic E-state index is 10.7. The zero-order chi connectivity index (χ0) is 9.68. The average Bonchev–Trinajstić information content (AvgIpc) is 2.16. The first-order valence-electron chi connectivity index (χ1n) is 3.46. The molecular formula is C8H7ClN2O2. The number of rotatable bonds is 2. The van der Waals surface area contributed by atoms with Crippen molar-refractivity contribution in [2.45, 2.75) is 0 Å². The van der Waals surface area contributed by atoms with Gasteiger partial charge < -0.3 is 4.74 Å². The minimum atomic E-state index is -0.457. The third-order valence-corrected chi connectivity index (χ3v) is 1.55. The fourth-order valence-electron chi connectivity index (χ4n) is 0.659. The Morgan fingerprint density at radius 1 is 1.54 bits per heavy atom. The number of aromatic nitrogens is 2. The van der Waals surface area contributed by atoms with Crippen LogP contribution in [-0.4, -0.2) is 23.0 Å². The van der Waals surface area contributed by atoms with Crippen LogP contribution in [0.3, 0.4) is 0 Å². The largest absolute Gasteiger partial charge is 0.466 e. The zero-order valence-corrected chi connectivity index (χ0v) is 7.65. The summed E-state index contributed by atoms with van der Waals surface area (Å²) >= 11 is 5.67. The molecule has 68 valence electrons. The Kier molecular flexibility index (Phi) is 3.40. The zero-order valence-electron chi connectivity index (χ0n) is 6.90. The molecule has 0 bridgehead atoms. The molecular weight excluding hydrogens is 192 g/mol. The van der Waals surface area contributed by atoms with Crippen LogP contribution in [0.25, 0.3) is 6.08 Å². The molecule has 0 aromatic carbocycles. The quantitative estimate of drug-likeness (QED) is 0.531. The van der Waals surface area contributed by atoms with Gasteiger partial charge >= 0.3 is 5.97 Å². The number of carbonyl (C=O) groups is 1. The molecule has 1 rings (SSSR count). The first kappa shape index (κ1) is 9.67. The maximum Gasteiger partial charge on any atom is 0.330 e. The van der Waals surface area contributed by atoms with Gasteiger partial charge in [0, 0.05) is 18.5 Å². The highest BCUT2D eigenvalue weighted by molar-refractivity contribution is 6.30. The molecule has 0 amide bonds. The number of hydrogen-bond acceptors (Lipinski definition) is 4. The van der Waals surface area contributed by atoms with Gasteiger partial charge in [-0.15, -0.1) is 0 Å². The Balaban J connectivity index is 2.80. The standard InChI is InChI=1S/C8H7ClN2O2/c1-13-7(12)3-2-6-8(9)11-5-4-10-6/h2-5H,1H3/b3-2+. The molecule has 1 aromatic heterocycles. The predicted octanol–water partition coefficient (Wildman–Crippen LogP) is 1.32. The van der Waals surface area contributed by atoms with E-state index in [0.29, 0.717) is 5.69 Å². The highest BCUT2D eigenvalue weighted by Gasteiger charge is 1.98. The molecule has 0 radical (unpaired) electrons. The van der Waals surface area contributed by atoms with Crippen LogP contribution < -0.4 is 0 Å². The van der Waals surface area contributed by atoms with Crippen LogP contribution in [0.2, 0.25) is 5.15 Å². The van der Waals surface area contributed by atoms with E-state index in [4.69, 9.17) is 11.6 Å². The summed E-state index contributed by atoms with van der Waals surface area (Å²) in [7, 11) is 1.30. The van der Waals surface area contributed by atoms with E-state index in [2.05, 4.69) is 14.7 Å². The third kappa shape index (κ3) is 2.83. The summed E-state index contributed by atoms with van der Waals surface area (Å²) in [6, 6.07) is 0. The normalized spacial score (nSPS) is 10.3. The van der Waals surface area contributed by atoms with Gasteiger partial charge in [-0.1, -0.05) is 11.6 Å². The van der Waals surface area contributed by atoms with Gasteiger partial charge in [-0.05, 0) is 6.08 Å². The lowest BCUT2D eigenvalue weighted by Gasteiger charge is -1.93. The maximum atomic E-state index is 10.7. The Hall–Kier alpha value is -1.42. The van der Waals surface area contributed by atoms with Crippen LogP contribution >= 0.6 is 11.6 Å². The van der Waals surface area contributed by atoms with Crippen LogP contribution in [0.5, 0.6) is 0 Å². The molecule has 0 spiro atoms. The summed E-state index contributed by atoms with van der Waals surface area (Å²) in [5.74, 6) is -0.457. The van der Waals surface area contributed by atoms with Crippen LogP contribution in [-0.2, 0) is 9.53 Å². The third-order valence-electron chi connectivity index (χ3n) is 1.26. The lowest BCUT2D eigenvalue weighted by Crippen LogP contribution is -1.94. The van der Waals surface area contributed by atoms with Gasteiger partial charge in [0.15, 0.2) is 5.15 Å². The first-order valence-corrected chi connectivity index (χ1v) is 3.84. The van der Waals surface area contributed by atoms with Crippen molar-refractivity contribution < 1.29 is 9.53 Å². The number of nitrogens with zero attached hydrogens (tertiary/aromatic N) is 2. The molecule has 1 aromatic rings. The van der Waals surface area contributed by atoms with Gasteiger partial charge in [0.1, 0.15) is 5.69 Å². The molecule has 5 heteroatoms. The van der Waals surface area contributed by atoms with Crippen LogP contribution in [0.4, 0.5) is 0 Å². The highest BCUT2D eigenvalue weighted by atomic mass is 35.5. The summed E-state index contributed by atoms with van der Waals surface area (Å²) in [4.78, 5) is 18.4. The molecule has 0 aliphatic carbocycles. The van der Waals surface area contributed by atoms with Crippen molar-refractivity contribution in [1.82, 2.24) is 9.97 Å². The second kappa shape index (κ2) is 4.57. The summed E-state index contributed by atoms with van der Waals surface area (Å²) in [6.45, 7) is 0. The van der Waals surface area contributed by atoms with E-state index in [1.54, 1.807) is 0 Å². The van der Waals surface area contributed by atoms with Crippen molar-refractivity contribution in [3.05, 3.63) is 29.3 Å². The highest BCUT2D eigenvalue weighted by Crippen LogP contribution is 2.09. The summed E-state index contributed by atoms with van der Waals surface area (Å²) in [5.41, 5.74) is 0.439. The van der Waals surface area contributed by atoms with Crippen LogP contribution in [0, 0.1) is 0 Å². The molecule has 0 saturated heterocycles. The van der Waals surface area contributed by atoms with Gasteiger partial charge in [0.05, 0.1) is 7.11 Å². The number of esters is 1. The second-order valence-electron chi connectivity index (χ2n) is 2.09. The minimum Gasteiger partial charge on any atom is -0.466 e. The minimum absolute atomic E-state index is 0.252. The summed E-state index contributed by atoms with van der Waals surface area (Å²) in [5, 5.41) is 0.252. The SMILES string of the molecule is COC(=O)/C=C/c1nccnc1Cl. The van der Waals surface area contributed by atoms with E-state index in [1.165, 1.54) is 31.7 Å². The van der Waals surface area contributed by atoms with Crippen LogP contribution in [0.15, 0.2) is 18.5 Å². The van der Waals surface area contributed by atoms with Gasteiger partial charge in [-0.3, -0.25) is 4.98 Å². The Morgan fingerprint density at radius 2 is 2.23 bits per heavy atom. The van der Waals surface area contributed by atoms with Crippen molar-refractivity contribution in [2.24, 2.45) is 0 Å². The molecule has 0 fully saturated rings. The molecule has 0 atom stereocenters. The summed E-state index contributed by atoms with van der Waals surface area (Å²) in [6.07, 6.45) is 5.64. The second-order valence-corrected chi connectivity index (χ2v) is 2.45. The monoisotopic (exact) mass is 198 g/mol. The van der Waals surface area contributed by atoms with E-state index < -0.39 is 5.97 Å². The topological polar surface area (TPSA) is 52.1 Å². The van der Waals surface area contributed by atoms with E-state index in [-0.39, 0.29) is 5.15 Å². The molecule has 1 heterocycles. The number of halogens is 1. The van der Waals surface area contributed by atoms with Gasteiger partial charge in [-0.25, -0.2) is 9.78 Å². The van der Waals surface area contributed by atoms with Crippen molar-refractivity contribution in [2.75, 3.05) is 7.11 Å². The lowest BCUT2D eigenvalue weighted by molar-refractivity contribution is -0.134. The Labute approximate surface area is 80.2 Å². The average molecular weight is 199 g/mol. The van der Waals surface area contributed by atoms with E-state index in [1.807, 2.05) is 0 Å². The van der Waals surface area contributed by atoms with Crippen LogP contribution in [0.1, 0.15) is 5.69 Å². The summed E-state index contributed by atoms with van der Waals surface area (Å²) < 4.78 is 4.39.